The first-order valence-electron chi connectivity index (χ1n) is 7.93. The lowest BCUT2D eigenvalue weighted by atomic mass is 10.2. The highest BCUT2D eigenvalue weighted by atomic mass is 32.2. The van der Waals surface area contributed by atoms with Crippen LogP contribution < -0.4 is 0 Å². The largest absolute Gasteiger partial charge is 0.459 e. The number of fused-ring (bicyclic) bond motifs is 1. The van der Waals surface area contributed by atoms with Crippen molar-refractivity contribution in [1.82, 2.24) is 4.31 Å². The summed E-state index contributed by atoms with van der Waals surface area (Å²) in [6, 6.07) is 12.4. The molecule has 0 aliphatic heterocycles. The first-order chi connectivity index (χ1) is 12.2. The van der Waals surface area contributed by atoms with Crippen molar-refractivity contribution in [3.63, 3.8) is 0 Å². The van der Waals surface area contributed by atoms with E-state index in [0.717, 1.165) is 15.8 Å². The highest BCUT2D eigenvalue weighted by molar-refractivity contribution is 7.89. The fraction of sp³-hybridized carbons (Fsp3) is 0.222. The second kappa shape index (κ2) is 6.54. The van der Waals surface area contributed by atoms with Gasteiger partial charge >= 0.3 is 0 Å². The van der Waals surface area contributed by atoms with Crippen molar-refractivity contribution in [1.29, 1.82) is 0 Å². The van der Waals surface area contributed by atoms with Gasteiger partial charge in [-0.25, -0.2) is 8.42 Å². The Labute approximate surface area is 151 Å². The number of furan rings is 1. The third-order valence-electron chi connectivity index (χ3n) is 4.44. The summed E-state index contributed by atoms with van der Waals surface area (Å²) >= 11 is 0. The molecule has 3 rings (SSSR count). The predicted octanol–water partition coefficient (Wildman–Crippen LogP) is 4.03. The molecule has 0 aliphatic rings. The number of nitrogens with zero attached hydrogens (tertiary/aromatic N) is 2. The minimum absolute atomic E-state index is 0.0860. The maximum Gasteiger partial charge on any atom is 0.270 e. The summed E-state index contributed by atoms with van der Waals surface area (Å²) in [7, 11) is -2.51. The number of hydrogen-bond acceptors (Lipinski definition) is 5. The summed E-state index contributed by atoms with van der Waals surface area (Å²) in [5.74, 6) is 0.500. The maximum absolute atomic E-state index is 13.0. The molecular formula is C18H18N2O5S. The average molecular weight is 374 g/mol. The van der Waals surface area contributed by atoms with Gasteiger partial charge in [0, 0.05) is 24.6 Å². The zero-order valence-corrected chi connectivity index (χ0v) is 15.4. The summed E-state index contributed by atoms with van der Waals surface area (Å²) in [5.41, 5.74) is 0.852. The molecule has 0 saturated carbocycles. The van der Waals surface area contributed by atoms with Crippen molar-refractivity contribution in [3.8, 4) is 0 Å². The molecule has 136 valence electrons. The fourth-order valence-electron chi connectivity index (χ4n) is 2.73. The number of non-ortho nitro benzene ring substituents is 1. The predicted molar refractivity (Wildman–Crippen MR) is 97.4 cm³/mol. The van der Waals surface area contributed by atoms with E-state index in [9.17, 15) is 18.5 Å². The SMILES string of the molecule is Cc1ccc([N+](=O)[O-])cc1S(=O)(=O)N(C)[C@@H](C)c1cc2ccccc2o1. The molecule has 0 spiro atoms. The van der Waals surface area contributed by atoms with Gasteiger partial charge in [-0.1, -0.05) is 24.3 Å². The second-order valence-electron chi connectivity index (χ2n) is 6.09. The van der Waals surface area contributed by atoms with Gasteiger partial charge in [-0.15, -0.1) is 0 Å². The molecule has 0 amide bonds. The Hall–Kier alpha value is -2.71. The first kappa shape index (κ1) is 18.1. The molecule has 0 saturated heterocycles. The summed E-state index contributed by atoms with van der Waals surface area (Å²) in [6.45, 7) is 3.32. The summed E-state index contributed by atoms with van der Waals surface area (Å²) in [6.07, 6.45) is 0. The average Bonchev–Trinajstić information content (AvgIpc) is 3.04. The van der Waals surface area contributed by atoms with Crippen LogP contribution in [0.15, 0.2) is 57.8 Å². The highest BCUT2D eigenvalue weighted by Gasteiger charge is 2.30. The monoisotopic (exact) mass is 374 g/mol. The van der Waals surface area contributed by atoms with Gasteiger partial charge in [-0.05, 0) is 31.5 Å². The lowest BCUT2D eigenvalue weighted by molar-refractivity contribution is -0.385. The molecule has 1 atom stereocenters. The second-order valence-corrected chi connectivity index (χ2v) is 8.06. The van der Waals surface area contributed by atoms with E-state index in [4.69, 9.17) is 4.42 Å². The van der Waals surface area contributed by atoms with E-state index in [1.165, 1.54) is 19.2 Å². The topological polar surface area (TPSA) is 93.7 Å². The van der Waals surface area contributed by atoms with Crippen molar-refractivity contribution in [2.45, 2.75) is 24.8 Å². The molecule has 1 heterocycles. The normalized spacial score (nSPS) is 13.2. The van der Waals surface area contributed by atoms with Crippen LogP contribution in [0.5, 0.6) is 0 Å². The molecule has 1 aromatic heterocycles. The van der Waals surface area contributed by atoms with Crippen LogP contribution in [0.3, 0.4) is 0 Å². The third-order valence-corrected chi connectivity index (χ3v) is 6.51. The quantitative estimate of drug-likeness (QED) is 0.496. The van der Waals surface area contributed by atoms with Crippen LogP contribution in [0.1, 0.15) is 24.3 Å². The highest BCUT2D eigenvalue weighted by Crippen LogP contribution is 2.32. The molecule has 3 aromatic rings. The van der Waals surface area contributed by atoms with Crippen molar-refractivity contribution in [2.75, 3.05) is 7.05 Å². The molecule has 0 bridgehead atoms. The van der Waals surface area contributed by atoms with Crippen molar-refractivity contribution in [2.24, 2.45) is 0 Å². The van der Waals surface area contributed by atoms with Crippen LogP contribution in [-0.4, -0.2) is 24.7 Å². The van der Waals surface area contributed by atoms with E-state index in [1.807, 2.05) is 24.3 Å². The van der Waals surface area contributed by atoms with Gasteiger partial charge in [0.05, 0.1) is 15.9 Å². The van der Waals surface area contributed by atoms with E-state index in [1.54, 1.807) is 19.9 Å². The summed E-state index contributed by atoms with van der Waals surface area (Å²) in [5, 5.41) is 11.9. The van der Waals surface area contributed by atoms with Gasteiger partial charge in [0.25, 0.3) is 5.69 Å². The summed E-state index contributed by atoms with van der Waals surface area (Å²) < 4.78 is 33.0. The Morgan fingerprint density at radius 1 is 1.15 bits per heavy atom. The molecule has 0 N–H and O–H groups in total. The Kier molecular flexibility index (Phi) is 4.55. The molecule has 0 unspecified atom stereocenters. The van der Waals surface area contributed by atoms with E-state index in [0.29, 0.717) is 16.9 Å². The van der Waals surface area contributed by atoms with Crippen molar-refractivity contribution >= 4 is 26.7 Å². The van der Waals surface area contributed by atoms with Crippen LogP contribution >= 0.6 is 0 Å². The first-order valence-corrected chi connectivity index (χ1v) is 9.37. The number of para-hydroxylation sites is 1. The van der Waals surface area contributed by atoms with E-state index >= 15 is 0 Å². The number of hydrogen-bond donors (Lipinski definition) is 0. The van der Waals surface area contributed by atoms with Crippen LogP contribution in [0.2, 0.25) is 0 Å². The van der Waals surface area contributed by atoms with E-state index in [-0.39, 0.29) is 10.6 Å². The Morgan fingerprint density at radius 2 is 1.85 bits per heavy atom. The van der Waals surface area contributed by atoms with Crippen LogP contribution in [0.4, 0.5) is 5.69 Å². The molecule has 26 heavy (non-hydrogen) atoms. The van der Waals surface area contributed by atoms with Gasteiger partial charge in [0.15, 0.2) is 0 Å². The Morgan fingerprint density at radius 3 is 2.50 bits per heavy atom. The van der Waals surface area contributed by atoms with E-state index in [2.05, 4.69) is 0 Å². The van der Waals surface area contributed by atoms with Gasteiger partial charge in [-0.3, -0.25) is 10.1 Å². The Balaban J connectivity index is 2.01. The zero-order valence-electron chi connectivity index (χ0n) is 14.5. The zero-order chi connectivity index (χ0) is 19.1. The number of benzene rings is 2. The van der Waals surface area contributed by atoms with Crippen LogP contribution in [-0.2, 0) is 10.0 Å². The van der Waals surface area contributed by atoms with Crippen LogP contribution in [0.25, 0.3) is 11.0 Å². The number of nitro benzene ring substituents is 1. The number of nitro groups is 1. The number of rotatable bonds is 5. The van der Waals surface area contributed by atoms with Crippen molar-refractivity contribution < 1.29 is 17.8 Å². The van der Waals surface area contributed by atoms with Gasteiger partial charge < -0.3 is 4.42 Å². The van der Waals surface area contributed by atoms with Gasteiger partial charge in [-0.2, -0.15) is 4.31 Å². The third kappa shape index (κ3) is 3.09. The Bertz CT molecular complexity index is 1050. The number of aryl methyl sites for hydroxylation is 1. The minimum atomic E-state index is -3.94. The molecule has 7 nitrogen and oxygen atoms in total. The van der Waals surface area contributed by atoms with E-state index < -0.39 is 21.0 Å². The minimum Gasteiger partial charge on any atom is -0.459 e. The van der Waals surface area contributed by atoms with Gasteiger partial charge in [0.2, 0.25) is 10.0 Å². The van der Waals surface area contributed by atoms with Crippen molar-refractivity contribution in [3.05, 3.63) is 70.0 Å². The molecule has 8 heteroatoms. The molecule has 0 radical (unpaired) electrons. The molecule has 2 aromatic carbocycles. The van der Waals surface area contributed by atoms with Gasteiger partial charge in [0.1, 0.15) is 11.3 Å². The summed E-state index contributed by atoms with van der Waals surface area (Å²) in [4.78, 5) is 10.3. The maximum atomic E-state index is 13.0. The van der Waals surface area contributed by atoms with Crippen LogP contribution in [0, 0.1) is 17.0 Å². The molecular weight excluding hydrogens is 356 g/mol. The molecule has 0 fully saturated rings. The lowest BCUT2D eigenvalue weighted by Crippen LogP contribution is -2.30. The fourth-order valence-corrected chi connectivity index (χ4v) is 4.31. The smallest absolute Gasteiger partial charge is 0.270 e. The standard InChI is InChI=1S/C18H18N2O5S/c1-12-8-9-15(20(21)22)11-18(12)26(23,24)19(3)13(2)17-10-14-6-4-5-7-16(14)25-17/h4-11,13H,1-3H3/t13-/m0/s1. The lowest BCUT2D eigenvalue weighted by Gasteiger charge is -2.23. The molecule has 0 aliphatic carbocycles. The number of sulfonamides is 1.